The van der Waals surface area contributed by atoms with Crippen molar-refractivity contribution in [3.8, 4) is 11.5 Å². The number of rotatable bonds is 6. The molecule has 1 aromatic heterocycles. The predicted molar refractivity (Wildman–Crippen MR) is 91.1 cm³/mol. The van der Waals surface area contributed by atoms with Gasteiger partial charge in [-0.05, 0) is 25.5 Å². The molecule has 9 heteroatoms. The van der Waals surface area contributed by atoms with Crippen molar-refractivity contribution in [3.63, 3.8) is 0 Å². The van der Waals surface area contributed by atoms with Crippen molar-refractivity contribution in [2.45, 2.75) is 25.9 Å². The van der Waals surface area contributed by atoms with Gasteiger partial charge in [-0.2, -0.15) is 0 Å². The average Bonchev–Trinajstić information content (AvgIpc) is 3.09. The molecule has 1 fully saturated rings. The van der Waals surface area contributed by atoms with Crippen LogP contribution < -0.4 is 0 Å². The fourth-order valence-electron chi connectivity index (χ4n) is 3.13. The lowest BCUT2D eigenvalue weighted by molar-refractivity contribution is 0.152. The largest absolute Gasteiger partial charge is 0.441 e. The van der Waals surface area contributed by atoms with Crippen LogP contribution in [0.3, 0.4) is 0 Å². The zero-order valence-electron chi connectivity index (χ0n) is 14.3. The minimum Gasteiger partial charge on any atom is -0.441 e. The Morgan fingerprint density at radius 1 is 1.38 bits per heavy atom. The maximum Gasteiger partial charge on any atom is 0.229 e. The SMILES string of the molecule is Cc1oc(-c2ccc(F)cc2F)nc1CN(CCO)[C@H]1CCS(=O)(=O)C1. The van der Waals surface area contributed by atoms with Crippen LogP contribution in [0.2, 0.25) is 0 Å². The summed E-state index contributed by atoms with van der Waals surface area (Å²) < 4.78 is 56.0. The van der Waals surface area contributed by atoms with Gasteiger partial charge in [-0.25, -0.2) is 22.2 Å². The van der Waals surface area contributed by atoms with Gasteiger partial charge in [0.05, 0.1) is 29.4 Å². The van der Waals surface area contributed by atoms with Gasteiger partial charge in [-0.15, -0.1) is 0 Å². The van der Waals surface area contributed by atoms with Gasteiger partial charge < -0.3 is 9.52 Å². The molecule has 0 unspecified atom stereocenters. The molecule has 0 spiro atoms. The van der Waals surface area contributed by atoms with Gasteiger partial charge in [0.2, 0.25) is 5.89 Å². The molecule has 2 heterocycles. The van der Waals surface area contributed by atoms with Crippen molar-refractivity contribution in [2.24, 2.45) is 0 Å². The second kappa shape index (κ2) is 7.42. The summed E-state index contributed by atoms with van der Waals surface area (Å²) in [7, 11) is -3.06. The van der Waals surface area contributed by atoms with Crippen LogP contribution in [0.1, 0.15) is 17.9 Å². The minimum absolute atomic E-state index is 0.0398. The van der Waals surface area contributed by atoms with Crippen molar-refractivity contribution in [1.29, 1.82) is 0 Å². The van der Waals surface area contributed by atoms with Gasteiger partial charge in [0, 0.05) is 25.2 Å². The van der Waals surface area contributed by atoms with E-state index in [9.17, 15) is 22.3 Å². The first-order valence-electron chi connectivity index (χ1n) is 8.26. The Morgan fingerprint density at radius 3 is 2.77 bits per heavy atom. The number of hydrogen-bond acceptors (Lipinski definition) is 6. The van der Waals surface area contributed by atoms with E-state index < -0.39 is 21.5 Å². The summed E-state index contributed by atoms with van der Waals surface area (Å²) >= 11 is 0. The number of halogens is 2. The molecule has 1 aromatic carbocycles. The summed E-state index contributed by atoms with van der Waals surface area (Å²) in [6.45, 7) is 2.13. The molecule has 26 heavy (non-hydrogen) atoms. The summed E-state index contributed by atoms with van der Waals surface area (Å²) in [4.78, 5) is 6.15. The Kier molecular flexibility index (Phi) is 5.40. The molecular weight excluding hydrogens is 366 g/mol. The van der Waals surface area contributed by atoms with E-state index >= 15 is 0 Å². The predicted octanol–water partition coefficient (Wildman–Crippen LogP) is 1.91. The standard InChI is InChI=1S/C17H20F2N2O4S/c1-11-16(9-21(5-6-22)13-4-7-26(23,24)10-13)20-17(25-11)14-3-2-12(18)8-15(14)19/h2-3,8,13,22H,4-7,9-10H2,1H3/t13-/m0/s1. The maximum absolute atomic E-state index is 13.9. The Hall–Kier alpha value is -1.84. The number of aromatic nitrogens is 1. The number of aliphatic hydroxyl groups is 1. The van der Waals surface area contributed by atoms with Crippen LogP contribution in [0.15, 0.2) is 22.6 Å². The van der Waals surface area contributed by atoms with E-state index in [1.54, 1.807) is 6.92 Å². The molecular formula is C17H20F2N2O4S. The van der Waals surface area contributed by atoms with Crippen LogP contribution in [-0.2, 0) is 16.4 Å². The van der Waals surface area contributed by atoms with E-state index in [2.05, 4.69) is 4.98 Å². The lowest BCUT2D eigenvalue weighted by atomic mass is 10.2. The van der Waals surface area contributed by atoms with Gasteiger partial charge in [0.25, 0.3) is 0 Å². The fraction of sp³-hybridized carbons (Fsp3) is 0.471. The Balaban J connectivity index is 1.83. The number of oxazole rings is 1. The van der Waals surface area contributed by atoms with E-state index in [1.165, 1.54) is 6.07 Å². The van der Waals surface area contributed by atoms with Crippen LogP contribution >= 0.6 is 0 Å². The lowest BCUT2D eigenvalue weighted by Gasteiger charge is -2.26. The molecule has 0 amide bonds. The molecule has 3 rings (SSSR count). The third-order valence-corrected chi connectivity index (χ3v) is 6.27. The molecule has 142 valence electrons. The number of aliphatic hydroxyl groups excluding tert-OH is 1. The van der Waals surface area contributed by atoms with Crippen molar-refractivity contribution < 1.29 is 26.7 Å². The number of nitrogens with zero attached hydrogens (tertiary/aromatic N) is 2. The summed E-state index contributed by atoms with van der Waals surface area (Å²) in [6, 6.07) is 2.94. The first-order valence-corrected chi connectivity index (χ1v) is 10.1. The molecule has 0 radical (unpaired) electrons. The fourth-order valence-corrected chi connectivity index (χ4v) is 4.89. The molecule has 1 atom stereocenters. The topological polar surface area (TPSA) is 83.6 Å². The van der Waals surface area contributed by atoms with E-state index in [-0.39, 0.29) is 42.2 Å². The summed E-state index contributed by atoms with van der Waals surface area (Å²) in [6.07, 6.45) is 0.499. The number of aryl methyl sites for hydroxylation is 1. The second-order valence-electron chi connectivity index (χ2n) is 6.40. The molecule has 1 aliphatic heterocycles. The van der Waals surface area contributed by atoms with Crippen LogP contribution in [0, 0.1) is 18.6 Å². The number of sulfone groups is 1. The molecule has 1 aliphatic rings. The lowest BCUT2D eigenvalue weighted by Crippen LogP contribution is -2.38. The smallest absolute Gasteiger partial charge is 0.229 e. The van der Waals surface area contributed by atoms with Gasteiger partial charge in [0.1, 0.15) is 17.4 Å². The zero-order chi connectivity index (χ0) is 18.9. The first-order chi connectivity index (χ1) is 12.3. The monoisotopic (exact) mass is 386 g/mol. The normalized spacial score (nSPS) is 19.3. The Bertz CT molecular complexity index is 898. The number of hydrogen-bond donors (Lipinski definition) is 1. The van der Waals surface area contributed by atoms with E-state index in [0.29, 0.717) is 24.4 Å². The van der Waals surface area contributed by atoms with Crippen LogP contribution in [0.5, 0.6) is 0 Å². The Labute approximate surface area is 150 Å². The summed E-state index contributed by atoms with van der Waals surface area (Å²) in [5.74, 6) is -0.781. The van der Waals surface area contributed by atoms with Gasteiger partial charge in [0.15, 0.2) is 9.84 Å². The van der Waals surface area contributed by atoms with Gasteiger partial charge >= 0.3 is 0 Å². The van der Waals surface area contributed by atoms with Crippen LogP contribution in [0.25, 0.3) is 11.5 Å². The first kappa shape index (κ1) is 18.9. The highest BCUT2D eigenvalue weighted by Gasteiger charge is 2.32. The number of benzene rings is 1. The highest BCUT2D eigenvalue weighted by atomic mass is 32.2. The minimum atomic E-state index is -3.06. The molecule has 1 N–H and O–H groups in total. The van der Waals surface area contributed by atoms with Crippen molar-refractivity contribution in [3.05, 3.63) is 41.3 Å². The van der Waals surface area contributed by atoms with Crippen LogP contribution in [-0.4, -0.2) is 54.1 Å². The van der Waals surface area contributed by atoms with E-state index in [1.807, 2.05) is 4.90 Å². The average molecular weight is 386 g/mol. The summed E-state index contributed by atoms with van der Waals surface area (Å²) in [5.41, 5.74) is 0.583. The molecule has 6 nitrogen and oxygen atoms in total. The van der Waals surface area contributed by atoms with E-state index in [4.69, 9.17) is 4.42 Å². The molecule has 0 aliphatic carbocycles. The van der Waals surface area contributed by atoms with E-state index in [0.717, 1.165) is 12.1 Å². The maximum atomic E-state index is 13.9. The molecule has 2 aromatic rings. The molecule has 0 bridgehead atoms. The second-order valence-corrected chi connectivity index (χ2v) is 8.63. The van der Waals surface area contributed by atoms with Crippen molar-refractivity contribution in [2.75, 3.05) is 24.7 Å². The summed E-state index contributed by atoms with van der Waals surface area (Å²) in [5, 5.41) is 9.30. The third-order valence-electron chi connectivity index (χ3n) is 4.52. The quantitative estimate of drug-likeness (QED) is 0.817. The van der Waals surface area contributed by atoms with Crippen molar-refractivity contribution >= 4 is 9.84 Å². The molecule has 0 saturated carbocycles. The highest BCUT2D eigenvalue weighted by Crippen LogP contribution is 2.27. The van der Waals surface area contributed by atoms with Crippen LogP contribution in [0.4, 0.5) is 8.78 Å². The third kappa shape index (κ3) is 4.11. The Morgan fingerprint density at radius 2 is 2.15 bits per heavy atom. The van der Waals surface area contributed by atoms with Crippen molar-refractivity contribution in [1.82, 2.24) is 9.88 Å². The zero-order valence-corrected chi connectivity index (χ0v) is 15.1. The van der Waals surface area contributed by atoms with Gasteiger partial charge in [-0.3, -0.25) is 4.90 Å². The molecule has 1 saturated heterocycles. The highest BCUT2D eigenvalue weighted by molar-refractivity contribution is 7.91. The van der Waals surface area contributed by atoms with Gasteiger partial charge in [-0.1, -0.05) is 0 Å².